The van der Waals surface area contributed by atoms with Gasteiger partial charge in [-0.1, -0.05) is 41.4 Å². The van der Waals surface area contributed by atoms with Gasteiger partial charge in [-0.15, -0.1) is 0 Å². The third kappa shape index (κ3) is 3.61. The fourth-order valence-electron chi connectivity index (χ4n) is 2.02. The van der Waals surface area contributed by atoms with Gasteiger partial charge in [0.1, 0.15) is 0 Å². The van der Waals surface area contributed by atoms with Crippen LogP contribution in [0.15, 0.2) is 48.5 Å². The number of nitrogens with zero attached hydrogens (tertiary/aromatic N) is 1. The van der Waals surface area contributed by atoms with E-state index in [2.05, 4.69) is 36.1 Å². The number of carbonyl (C=O) groups excluding carboxylic acids is 1. The van der Waals surface area contributed by atoms with E-state index < -0.39 is 0 Å². The molecule has 3 heteroatoms. The first-order chi connectivity index (χ1) is 9.58. The zero-order valence-corrected chi connectivity index (χ0v) is 12.5. The van der Waals surface area contributed by atoms with Gasteiger partial charge in [0.05, 0.1) is 5.02 Å². The lowest BCUT2D eigenvalue weighted by molar-refractivity contribution is 0.0985. The fraction of sp³-hybridized carbons (Fsp3) is 0.235. The quantitative estimate of drug-likeness (QED) is 0.762. The number of hydrogen-bond donors (Lipinski definition) is 0. The Morgan fingerprint density at radius 1 is 1.10 bits per heavy atom. The van der Waals surface area contributed by atoms with E-state index in [0.29, 0.717) is 23.6 Å². The predicted molar refractivity (Wildman–Crippen MR) is 84.8 cm³/mol. The minimum absolute atomic E-state index is 0.0783. The minimum atomic E-state index is 0.0783. The highest BCUT2D eigenvalue weighted by Crippen LogP contribution is 2.18. The standard InChI is InChI=1S/C17H18ClNO/c1-13-7-9-14(10-8-13)19(2)12-11-17(20)15-5-3-4-6-16(15)18/h3-10H,11-12H2,1-2H3. The van der Waals surface area contributed by atoms with Crippen LogP contribution in [0, 0.1) is 6.92 Å². The molecule has 2 aromatic rings. The van der Waals surface area contributed by atoms with Gasteiger partial charge in [-0.25, -0.2) is 0 Å². The van der Waals surface area contributed by atoms with Gasteiger partial charge in [-0.2, -0.15) is 0 Å². The van der Waals surface area contributed by atoms with Crippen molar-refractivity contribution in [2.45, 2.75) is 13.3 Å². The maximum atomic E-state index is 12.1. The van der Waals surface area contributed by atoms with Gasteiger partial charge >= 0.3 is 0 Å². The Morgan fingerprint density at radius 3 is 2.40 bits per heavy atom. The Labute approximate surface area is 125 Å². The van der Waals surface area contributed by atoms with Crippen LogP contribution < -0.4 is 4.90 Å². The summed E-state index contributed by atoms with van der Waals surface area (Å²) in [7, 11) is 1.99. The van der Waals surface area contributed by atoms with Crippen LogP contribution in [0.5, 0.6) is 0 Å². The second kappa shape index (κ2) is 6.58. The van der Waals surface area contributed by atoms with Crippen molar-refractivity contribution in [2.24, 2.45) is 0 Å². The van der Waals surface area contributed by atoms with Crippen LogP contribution in [0.2, 0.25) is 5.02 Å². The summed E-state index contributed by atoms with van der Waals surface area (Å²) in [6.07, 6.45) is 0.452. The van der Waals surface area contributed by atoms with Crippen molar-refractivity contribution in [2.75, 3.05) is 18.5 Å². The first kappa shape index (κ1) is 14.6. The molecule has 20 heavy (non-hydrogen) atoms. The van der Waals surface area contributed by atoms with Crippen molar-refractivity contribution in [3.05, 3.63) is 64.7 Å². The van der Waals surface area contributed by atoms with E-state index in [1.807, 2.05) is 19.2 Å². The molecule has 0 unspecified atom stereocenters. The second-order valence-corrected chi connectivity index (χ2v) is 5.32. The molecule has 0 saturated heterocycles. The van der Waals surface area contributed by atoms with E-state index >= 15 is 0 Å². The largest absolute Gasteiger partial charge is 0.374 e. The molecule has 0 aliphatic rings. The number of ketones is 1. The fourth-order valence-corrected chi connectivity index (χ4v) is 2.26. The zero-order chi connectivity index (χ0) is 14.5. The van der Waals surface area contributed by atoms with Gasteiger partial charge in [-0.05, 0) is 31.2 Å². The zero-order valence-electron chi connectivity index (χ0n) is 11.8. The van der Waals surface area contributed by atoms with Gasteiger partial charge in [0.25, 0.3) is 0 Å². The normalized spacial score (nSPS) is 10.3. The Bertz CT molecular complexity index is 592. The van der Waals surface area contributed by atoms with Crippen molar-refractivity contribution in [3.63, 3.8) is 0 Å². The Kier molecular flexibility index (Phi) is 4.80. The number of Topliss-reactive ketones (excluding diaryl/α,β-unsaturated/α-hetero) is 1. The summed E-state index contributed by atoms with van der Waals surface area (Å²) in [5.41, 5.74) is 2.95. The highest BCUT2D eigenvalue weighted by Gasteiger charge is 2.10. The number of benzene rings is 2. The summed E-state index contributed by atoms with van der Waals surface area (Å²) in [5, 5.41) is 0.524. The van der Waals surface area contributed by atoms with Crippen LogP contribution in [-0.2, 0) is 0 Å². The molecule has 0 radical (unpaired) electrons. The van der Waals surface area contributed by atoms with Crippen molar-refractivity contribution in [1.82, 2.24) is 0 Å². The summed E-state index contributed by atoms with van der Waals surface area (Å²) in [4.78, 5) is 14.2. The van der Waals surface area contributed by atoms with Gasteiger partial charge in [0, 0.05) is 31.3 Å². The molecule has 0 heterocycles. The van der Waals surface area contributed by atoms with Crippen LogP contribution in [-0.4, -0.2) is 19.4 Å². The van der Waals surface area contributed by atoms with Crippen molar-refractivity contribution in [3.8, 4) is 0 Å². The number of hydrogen-bond acceptors (Lipinski definition) is 2. The molecular weight excluding hydrogens is 270 g/mol. The van der Waals surface area contributed by atoms with Crippen LogP contribution in [0.25, 0.3) is 0 Å². The van der Waals surface area contributed by atoms with Gasteiger partial charge < -0.3 is 4.90 Å². The molecule has 0 aromatic heterocycles. The Hall–Kier alpha value is -1.80. The summed E-state index contributed by atoms with van der Waals surface area (Å²) in [6, 6.07) is 15.5. The van der Waals surface area contributed by atoms with E-state index in [1.165, 1.54) is 5.56 Å². The molecule has 2 rings (SSSR count). The molecule has 0 atom stereocenters. The van der Waals surface area contributed by atoms with Crippen LogP contribution >= 0.6 is 11.6 Å². The molecule has 2 nitrogen and oxygen atoms in total. The molecule has 0 amide bonds. The van der Waals surface area contributed by atoms with Crippen molar-refractivity contribution < 1.29 is 4.79 Å². The van der Waals surface area contributed by atoms with E-state index in [4.69, 9.17) is 11.6 Å². The predicted octanol–water partition coefficient (Wildman–Crippen LogP) is 4.36. The molecule has 0 bridgehead atoms. The van der Waals surface area contributed by atoms with Crippen molar-refractivity contribution >= 4 is 23.1 Å². The maximum absolute atomic E-state index is 12.1. The average molecular weight is 288 g/mol. The number of halogens is 1. The summed E-state index contributed by atoms with van der Waals surface area (Å²) >= 11 is 6.03. The molecule has 0 spiro atoms. The molecule has 0 aliphatic heterocycles. The monoisotopic (exact) mass is 287 g/mol. The molecule has 104 valence electrons. The number of anilines is 1. The summed E-state index contributed by atoms with van der Waals surface area (Å²) < 4.78 is 0. The van der Waals surface area contributed by atoms with E-state index in [-0.39, 0.29) is 5.78 Å². The number of rotatable bonds is 5. The summed E-state index contributed by atoms with van der Waals surface area (Å²) in [5.74, 6) is 0.0783. The molecule has 0 fully saturated rings. The van der Waals surface area contributed by atoms with Crippen molar-refractivity contribution in [1.29, 1.82) is 0 Å². The maximum Gasteiger partial charge on any atom is 0.166 e. The third-order valence-electron chi connectivity index (χ3n) is 3.32. The molecule has 2 aromatic carbocycles. The number of carbonyl (C=O) groups is 1. The van der Waals surface area contributed by atoms with E-state index in [0.717, 1.165) is 5.69 Å². The van der Waals surface area contributed by atoms with Gasteiger partial charge in [0.15, 0.2) is 5.78 Å². The molecule has 0 saturated carbocycles. The van der Waals surface area contributed by atoms with Crippen LogP contribution in [0.4, 0.5) is 5.69 Å². The first-order valence-electron chi connectivity index (χ1n) is 6.63. The highest BCUT2D eigenvalue weighted by atomic mass is 35.5. The molecular formula is C17H18ClNO. The van der Waals surface area contributed by atoms with Gasteiger partial charge in [0.2, 0.25) is 0 Å². The van der Waals surface area contributed by atoms with E-state index in [1.54, 1.807) is 12.1 Å². The smallest absolute Gasteiger partial charge is 0.166 e. The third-order valence-corrected chi connectivity index (χ3v) is 3.65. The Balaban J connectivity index is 1.97. The first-order valence-corrected chi connectivity index (χ1v) is 7.01. The van der Waals surface area contributed by atoms with Crippen LogP contribution in [0.1, 0.15) is 22.3 Å². The van der Waals surface area contributed by atoms with Gasteiger partial charge in [-0.3, -0.25) is 4.79 Å². The Morgan fingerprint density at radius 2 is 1.75 bits per heavy atom. The molecule has 0 N–H and O–H groups in total. The lowest BCUT2D eigenvalue weighted by atomic mass is 10.1. The lowest BCUT2D eigenvalue weighted by Crippen LogP contribution is -2.21. The number of aryl methyl sites for hydroxylation is 1. The second-order valence-electron chi connectivity index (χ2n) is 4.91. The van der Waals surface area contributed by atoms with Crippen LogP contribution in [0.3, 0.4) is 0 Å². The molecule has 0 aliphatic carbocycles. The SMILES string of the molecule is Cc1ccc(N(C)CCC(=O)c2ccccc2Cl)cc1. The highest BCUT2D eigenvalue weighted by molar-refractivity contribution is 6.33. The summed E-state index contributed by atoms with van der Waals surface area (Å²) in [6.45, 7) is 2.73. The average Bonchev–Trinajstić information content (AvgIpc) is 2.45. The lowest BCUT2D eigenvalue weighted by Gasteiger charge is -2.19. The topological polar surface area (TPSA) is 20.3 Å². The van der Waals surface area contributed by atoms with E-state index in [9.17, 15) is 4.79 Å². The minimum Gasteiger partial charge on any atom is -0.374 e.